The van der Waals surface area contributed by atoms with Gasteiger partial charge in [0.15, 0.2) is 0 Å². The van der Waals surface area contributed by atoms with Gasteiger partial charge in [-0.3, -0.25) is 4.90 Å². The van der Waals surface area contributed by atoms with Gasteiger partial charge in [-0.05, 0) is 30.5 Å². The van der Waals surface area contributed by atoms with Crippen LogP contribution in [0.4, 0.5) is 0 Å². The first-order valence-corrected chi connectivity index (χ1v) is 7.90. The Bertz CT molecular complexity index is 465. The molecule has 0 radical (unpaired) electrons. The quantitative estimate of drug-likeness (QED) is 0.922. The summed E-state index contributed by atoms with van der Waals surface area (Å²) in [6, 6.07) is 8.58. The molecular formula is C17H25NO3. The highest BCUT2D eigenvalue weighted by molar-refractivity contribution is 5.28. The number of hydrogen-bond donors (Lipinski definition) is 1. The van der Waals surface area contributed by atoms with E-state index in [1.165, 1.54) is 5.56 Å². The number of aliphatic hydroxyl groups is 1. The average Bonchev–Trinajstić information content (AvgIpc) is 2.94. The zero-order valence-electron chi connectivity index (χ0n) is 12.7. The largest absolute Gasteiger partial charge is 0.497 e. The summed E-state index contributed by atoms with van der Waals surface area (Å²) in [5, 5.41) is 10.2. The van der Waals surface area contributed by atoms with Gasteiger partial charge in [0.05, 0.1) is 26.4 Å². The Morgan fingerprint density at radius 3 is 3.05 bits per heavy atom. The van der Waals surface area contributed by atoms with E-state index in [0.717, 1.165) is 51.3 Å². The molecule has 21 heavy (non-hydrogen) atoms. The van der Waals surface area contributed by atoms with E-state index in [0.29, 0.717) is 12.0 Å². The molecule has 1 N–H and O–H groups in total. The minimum absolute atomic E-state index is 0.162. The molecule has 3 rings (SSSR count). The van der Waals surface area contributed by atoms with Gasteiger partial charge in [0, 0.05) is 25.0 Å². The molecule has 0 spiro atoms. The number of benzene rings is 1. The zero-order valence-corrected chi connectivity index (χ0v) is 12.7. The van der Waals surface area contributed by atoms with Crippen LogP contribution in [0.2, 0.25) is 0 Å². The van der Waals surface area contributed by atoms with E-state index < -0.39 is 0 Å². The van der Waals surface area contributed by atoms with Crippen LogP contribution >= 0.6 is 0 Å². The number of morpholine rings is 1. The van der Waals surface area contributed by atoms with E-state index in [4.69, 9.17) is 9.47 Å². The number of aliphatic hydroxyl groups excluding tert-OH is 1. The summed E-state index contributed by atoms with van der Waals surface area (Å²) in [5.41, 5.74) is 1.26. The summed E-state index contributed by atoms with van der Waals surface area (Å²) in [5.74, 6) is 1.26. The van der Waals surface area contributed by atoms with Crippen molar-refractivity contribution in [2.45, 2.75) is 38.0 Å². The lowest BCUT2D eigenvalue weighted by atomic mass is 9.94. The van der Waals surface area contributed by atoms with Gasteiger partial charge in [-0.15, -0.1) is 0 Å². The van der Waals surface area contributed by atoms with Crippen molar-refractivity contribution >= 4 is 0 Å². The number of methoxy groups -OCH3 is 1. The molecule has 3 atom stereocenters. The van der Waals surface area contributed by atoms with Gasteiger partial charge in [-0.2, -0.15) is 0 Å². The molecule has 116 valence electrons. The van der Waals surface area contributed by atoms with Crippen LogP contribution < -0.4 is 4.74 Å². The second-order valence-corrected chi connectivity index (χ2v) is 6.13. The maximum Gasteiger partial charge on any atom is 0.119 e. The summed E-state index contributed by atoms with van der Waals surface area (Å²) in [4.78, 5) is 2.47. The standard InChI is InChI=1S/C17H25NO3/c1-20-14-5-2-4-13(10-14)11-18-8-9-21-12-16(18)15-6-3-7-17(15)19/h2,4-5,10,15-17,19H,3,6-9,11-12H2,1H3/t15-,16+,17+/m0/s1. The molecule has 4 nitrogen and oxygen atoms in total. The van der Waals surface area contributed by atoms with Crippen molar-refractivity contribution in [2.75, 3.05) is 26.9 Å². The molecule has 1 aromatic rings. The predicted octanol–water partition coefficient (Wildman–Crippen LogP) is 2.06. The lowest BCUT2D eigenvalue weighted by molar-refractivity contribution is -0.0536. The van der Waals surface area contributed by atoms with Crippen LogP contribution in [0.3, 0.4) is 0 Å². The molecule has 1 saturated carbocycles. The molecule has 1 aliphatic carbocycles. The summed E-state index contributed by atoms with van der Waals surface area (Å²) < 4.78 is 11.0. The normalized spacial score (nSPS) is 30.5. The highest BCUT2D eigenvalue weighted by Crippen LogP contribution is 2.33. The minimum Gasteiger partial charge on any atom is -0.497 e. The van der Waals surface area contributed by atoms with Gasteiger partial charge in [-0.25, -0.2) is 0 Å². The summed E-state index contributed by atoms with van der Waals surface area (Å²) in [6.07, 6.45) is 3.03. The van der Waals surface area contributed by atoms with Crippen molar-refractivity contribution in [3.05, 3.63) is 29.8 Å². The number of rotatable bonds is 4. The summed E-state index contributed by atoms with van der Waals surface area (Å²) in [7, 11) is 1.70. The molecule has 2 aliphatic rings. The van der Waals surface area contributed by atoms with Gasteiger partial charge in [0.25, 0.3) is 0 Å². The van der Waals surface area contributed by atoms with Crippen molar-refractivity contribution in [1.82, 2.24) is 4.90 Å². The fourth-order valence-corrected chi connectivity index (χ4v) is 3.67. The fraction of sp³-hybridized carbons (Fsp3) is 0.647. The number of nitrogens with zero attached hydrogens (tertiary/aromatic N) is 1. The Kier molecular flexibility index (Phi) is 4.78. The van der Waals surface area contributed by atoms with Crippen LogP contribution in [0.25, 0.3) is 0 Å². The first-order valence-electron chi connectivity index (χ1n) is 7.90. The van der Waals surface area contributed by atoms with Crippen molar-refractivity contribution in [3.8, 4) is 5.75 Å². The van der Waals surface area contributed by atoms with E-state index in [9.17, 15) is 5.11 Å². The molecule has 1 aromatic carbocycles. The van der Waals surface area contributed by atoms with Gasteiger partial charge >= 0.3 is 0 Å². The lowest BCUT2D eigenvalue weighted by Crippen LogP contribution is -2.50. The van der Waals surface area contributed by atoms with E-state index in [1.807, 2.05) is 12.1 Å². The molecule has 0 amide bonds. The van der Waals surface area contributed by atoms with Crippen LogP contribution in [-0.2, 0) is 11.3 Å². The predicted molar refractivity (Wildman–Crippen MR) is 81.4 cm³/mol. The second-order valence-electron chi connectivity index (χ2n) is 6.13. The molecule has 1 aliphatic heterocycles. The number of ether oxygens (including phenoxy) is 2. The Hall–Kier alpha value is -1.10. The van der Waals surface area contributed by atoms with Crippen molar-refractivity contribution in [2.24, 2.45) is 5.92 Å². The molecule has 2 fully saturated rings. The maximum absolute atomic E-state index is 10.2. The Labute approximate surface area is 126 Å². The van der Waals surface area contributed by atoms with Crippen molar-refractivity contribution < 1.29 is 14.6 Å². The fourth-order valence-electron chi connectivity index (χ4n) is 3.67. The molecule has 0 unspecified atom stereocenters. The van der Waals surface area contributed by atoms with E-state index in [2.05, 4.69) is 17.0 Å². The monoisotopic (exact) mass is 291 g/mol. The maximum atomic E-state index is 10.2. The van der Waals surface area contributed by atoms with Gasteiger partial charge in [0.2, 0.25) is 0 Å². The highest BCUT2D eigenvalue weighted by atomic mass is 16.5. The van der Waals surface area contributed by atoms with Gasteiger partial charge in [-0.1, -0.05) is 18.6 Å². The van der Waals surface area contributed by atoms with Crippen molar-refractivity contribution in [1.29, 1.82) is 0 Å². The average molecular weight is 291 g/mol. The number of hydrogen-bond acceptors (Lipinski definition) is 4. The van der Waals surface area contributed by atoms with Gasteiger partial charge in [0.1, 0.15) is 5.75 Å². The van der Waals surface area contributed by atoms with Crippen LogP contribution in [-0.4, -0.2) is 49.0 Å². The first-order chi connectivity index (χ1) is 10.3. The van der Waals surface area contributed by atoms with Crippen LogP contribution in [0.5, 0.6) is 5.75 Å². The van der Waals surface area contributed by atoms with Gasteiger partial charge < -0.3 is 14.6 Å². The molecule has 0 bridgehead atoms. The molecule has 1 saturated heterocycles. The SMILES string of the molecule is COc1cccc(CN2CCOC[C@@H]2[C@@H]2CCC[C@H]2O)c1. The Balaban J connectivity index is 1.71. The lowest BCUT2D eigenvalue weighted by Gasteiger charge is -2.40. The highest BCUT2D eigenvalue weighted by Gasteiger charge is 2.37. The minimum atomic E-state index is -0.162. The Morgan fingerprint density at radius 1 is 1.38 bits per heavy atom. The third kappa shape index (κ3) is 3.39. The molecule has 4 heteroatoms. The van der Waals surface area contributed by atoms with E-state index in [-0.39, 0.29) is 6.10 Å². The molecular weight excluding hydrogens is 266 g/mol. The first kappa shape index (κ1) is 14.8. The zero-order chi connectivity index (χ0) is 14.7. The third-order valence-electron chi connectivity index (χ3n) is 4.83. The van der Waals surface area contributed by atoms with E-state index >= 15 is 0 Å². The molecule has 1 heterocycles. The Morgan fingerprint density at radius 2 is 2.29 bits per heavy atom. The smallest absolute Gasteiger partial charge is 0.119 e. The van der Waals surface area contributed by atoms with Crippen LogP contribution in [0, 0.1) is 5.92 Å². The molecule has 0 aromatic heterocycles. The topological polar surface area (TPSA) is 41.9 Å². The van der Waals surface area contributed by atoms with Crippen molar-refractivity contribution in [3.63, 3.8) is 0 Å². The summed E-state index contributed by atoms with van der Waals surface area (Å²) in [6.45, 7) is 3.36. The van der Waals surface area contributed by atoms with E-state index in [1.54, 1.807) is 7.11 Å². The summed E-state index contributed by atoms with van der Waals surface area (Å²) >= 11 is 0. The third-order valence-corrected chi connectivity index (χ3v) is 4.83. The second kappa shape index (κ2) is 6.77. The van der Waals surface area contributed by atoms with Crippen LogP contribution in [0.15, 0.2) is 24.3 Å². The van der Waals surface area contributed by atoms with Crippen LogP contribution in [0.1, 0.15) is 24.8 Å².